The van der Waals surface area contributed by atoms with Crippen molar-refractivity contribution in [1.29, 1.82) is 0 Å². The van der Waals surface area contributed by atoms with Gasteiger partial charge in [0.05, 0.1) is 37.0 Å². The fraction of sp³-hybridized carbons (Fsp3) is 0.421. The minimum absolute atomic E-state index is 0.732. The van der Waals surface area contributed by atoms with Gasteiger partial charge in [0.1, 0.15) is 11.5 Å². The highest BCUT2D eigenvalue weighted by molar-refractivity contribution is 5.34. The molecular weight excluding hydrogens is 600 g/mol. The van der Waals surface area contributed by atoms with Gasteiger partial charge in [-0.15, -0.1) is 0 Å². The van der Waals surface area contributed by atoms with Crippen LogP contribution in [0.2, 0.25) is 0 Å². The van der Waals surface area contributed by atoms with Gasteiger partial charge in [-0.3, -0.25) is 19.8 Å². The number of benzene rings is 2. The summed E-state index contributed by atoms with van der Waals surface area (Å²) in [5.41, 5.74) is 6.61. The van der Waals surface area contributed by atoms with Crippen LogP contribution >= 0.6 is 0 Å². The Balaban J connectivity index is 1.24. The maximum absolute atomic E-state index is 5.65. The molecule has 10 heteroatoms. The molecular formula is C38H52N8O2. The monoisotopic (exact) mass is 652 g/mol. The molecule has 256 valence electrons. The topological polar surface area (TPSA) is 98.8 Å². The summed E-state index contributed by atoms with van der Waals surface area (Å²) in [6, 6.07) is 29.2. The summed E-state index contributed by atoms with van der Waals surface area (Å²) < 4.78 is 11.3. The highest BCUT2D eigenvalue weighted by Crippen LogP contribution is 2.20. The molecule has 1 aliphatic heterocycles. The Bertz CT molecular complexity index is 1350. The molecule has 3 heterocycles. The van der Waals surface area contributed by atoms with Crippen molar-refractivity contribution in [2.45, 2.75) is 39.3 Å². The molecule has 4 aromatic rings. The van der Waals surface area contributed by atoms with Crippen molar-refractivity contribution in [2.24, 2.45) is 0 Å². The minimum atomic E-state index is 0.732. The van der Waals surface area contributed by atoms with E-state index in [9.17, 15) is 0 Å². The summed E-state index contributed by atoms with van der Waals surface area (Å²) in [6.07, 6.45) is 0. The first kappa shape index (κ1) is 35.4. The van der Waals surface area contributed by atoms with Gasteiger partial charge in [-0.1, -0.05) is 48.5 Å². The molecule has 0 unspecified atom stereocenters. The lowest BCUT2D eigenvalue weighted by Gasteiger charge is -2.24. The van der Waals surface area contributed by atoms with Gasteiger partial charge in [-0.25, -0.2) is 0 Å². The molecule has 0 aliphatic carbocycles. The van der Waals surface area contributed by atoms with Gasteiger partial charge >= 0.3 is 0 Å². The zero-order valence-electron chi connectivity index (χ0n) is 28.6. The lowest BCUT2D eigenvalue weighted by Crippen LogP contribution is -2.37. The van der Waals surface area contributed by atoms with E-state index in [1.54, 1.807) is 14.2 Å². The third-order valence-corrected chi connectivity index (χ3v) is 8.55. The number of hydrogen-bond acceptors (Lipinski definition) is 10. The number of rotatable bonds is 6. The van der Waals surface area contributed by atoms with E-state index in [4.69, 9.17) is 19.4 Å². The summed E-state index contributed by atoms with van der Waals surface area (Å²) in [7, 11) is 3.48. The first-order valence-corrected chi connectivity index (χ1v) is 17.1. The van der Waals surface area contributed by atoms with Gasteiger partial charge in [0.15, 0.2) is 0 Å². The molecule has 2 aromatic heterocycles. The second kappa shape index (κ2) is 19.8. The molecule has 4 N–H and O–H groups in total. The summed E-state index contributed by atoms with van der Waals surface area (Å²) in [6.45, 7) is 11.6. The van der Waals surface area contributed by atoms with E-state index in [2.05, 4.69) is 91.7 Å². The first-order valence-electron chi connectivity index (χ1n) is 17.1. The number of aromatic nitrogens is 2. The van der Waals surface area contributed by atoms with E-state index in [-0.39, 0.29) is 0 Å². The zero-order valence-corrected chi connectivity index (χ0v) is 28.6. The van der Waals surface area contributed by atoms with E-state index in [0.717, 1.165) is 126 Å². The molecule has 0 spiro atoms. The standard InChI is InChI=1S/C38H52N8O2/c1-47-37-15-5-3-9-31(37)29-45-21-17-39-25-33-11-7-13-35(43-33)27-41-19-23-46(30-32-10-4-6-16-38(32)48-2)24-20-42-28-36-14-8-12-34(44-36)26-40-18-22-45/h3-16,39-42H,17-30H2,1-2H3. The summed E-state index contributed by atoms with van der Waals surface area (Å²) in [5.74, 6) is 1.85. The van der Waals surface area contributed by atoms with Crippen molar-refractivity contribution in [3.05, 3.63) is 119 Å². The van der Waals surface area contributed by atoms with Gasteiger partial charge in [0.2, 0.25) is 0 Å². The lowest BCUT2D eigenvalue weighted by atomic mass is 10.2. The van der Waals surface area contributed by atoms with E-state index in [1.807, 2.05) is 24.3 Å². The van der Waals surface area contributed by atoms with Crippen molar-refractivity contribution in [2.75, 3.05) is 66.6 Å². The normalized spacial score (nSPS) is 16.9. The minimum Gasteiger partial charge on any atom is -0.496 e. The van der Waals surface area contributed by atoms with Gasteiger partial charge in [0.25, 0.3) is 0 Å². The van der Waals surface area contributed by atoms with Crippen molar-refractivity contribution >= 4 is 0 Å². The maximum Gasteiger partial charge on any atom is 0.123 e. The fourth-order valence-corrected chi connectivity index (χ4v) is 5.96. The fourth-order valence-electron chi connectivity index (χ4n) is 5.96. The first-order chi connectivity index (χ1) is 23.7. The average molecular weight is 653 g/mol. The highest BCUT2D eigenvalue weighted by atomic mass is 16.5. The quantitative estimate of drug-likeness (QED) is 0.248. The summed E-state index contributed by atoms with van der Waals surface area (Å²) in [5, 5.41) is 14.5. The van der Waals surface area contributed by atoms with Crippen LogP contribution in [0.5, 0.6) is 11.5 Å². The van der Waals surface area contributed by atoms with Crippen LogP contribution in [0.3, 0.4) is 0 Å². The van der Waals surface area contributed by atoms with Gasteiger partial charge < -0.3 is 30.7 Å². The Hall–Kier alpha value is -3.90. The third-order valence-electron chi connectivity index (χ3n) is 8.55. The number of nitrogens with zero attached hydrogens (tertiary/aromatic N) is 4. The third kappa shape index (κ3) is 11.7. The maximum atomic E-state index is 5.65. The Morgan fingerprint density at radius 2 is 0.812 bits per heavy atom. The molecule has 0 atom stereocenters. The van der Waals surface area contributed by atoms with Crippen molar-refractivity contribution in [3.63, 3.8) is 0 Å². The van der Waals surface area contributed by atoms with Gasteiger partial charge in [0, 0.05) is 103 Å². The van der Waals surface area contributed by atoms with Crippen LogP contribution in [0, 0.1) is 0 Å². The number of para-hydroxylation sites is 2. The Morgan fingerprint density at radius 1 is 0.479 bits per heavy atom. The van der Waals surface area contributed by atoms with E-state index >= 15 is 0 Å². The second-order valence-electron chi connectivity index (χ2n) is 12.1. The second-order valence-corrected chi connectivity index (χ2v) is 12.1. The molecule has 48 heavy (non-hydrogen) atoms. The predicted molar refractivity (Wildman–Crippen MR) is 192 cm³/mol. The molecule has 2 aromatic carbocycles. The largest absolute Gasteiger partial charge is 0.496 e. The molecule has 4 bridgehead atoms. The Kier molecular flexibility index (Phi) is 14.6. The highest BCUT2D eigenvalue weighted by Gasteiger charge is 2.12. The van der Waals surface area contributed by atoms with Gasteiger partial charge in [-0.2, -0.15) is 0 Å². The molecule has 0 amide bonds. The van der Waals surface area contributed by atoms with Crippen LogP contribution in [0.25, 0.3) is 0 Å². The van der Waals surface area contributed by atoms with Gasteiger partial charge in [-0.05, 0) is 36.4 Å². The number of nitrogens with one attached hydrogen (secondary N) is 4. The van der Waals surface area contributed by atoms with Crippen LogP contribution in [-0.2, 0) is 39.3 Å². The molecule has 10 nitrogen and oxygen atoms in total. The van der Waals surface area contributed by atoms with Crippen LogP contribution < -0.4 is 30.7 Å². The van der Waals surface area contributed by atoms with E-state index in [1.165, 1.54) is 11.1 Å². The summed E-state index contributed by atoms with van der Waals surface area (Å²) in [4.78, 5) is 14.8. The van der Waals surface area contributed by atoms with Crippen molar-refractivity contribution in [3.8, 4) is 11.5 Å². The molecule has 0 fully saturated rings. The number of methoxy groups -OCH3 is 2. The zero-order chi connectivity index (χ0) is 33.2. The Morgan fingerprint density at radius 3 is 1.15 bits per heavy atom. The van der Waals surface area contributed by atoms with E-state index < -0.39 is 0 Å². The Labute approximate surface area is 286 Å². The number of pyridine rings is 2. The van der Waals surface area contributed by atoms with E-state index in [0.29, 0.717) is 0 Å². The molecule has 0 saturated heterocycles. The molecule has 5 rings (SSSR count). The summed E-state index contributed by atoms with van der Waals surface area (Å²) >= 11 is 0. The van der Waals surface area contributed by atoms with Crippen molar-refractivity contribution in [1.82, 2.24) is 41.0 Å². The van der Waals surface area contributed by atoms with Crippen LogP contribution in [-0.4, -0.2) is 86.3 Å². The number of ether oxygens (including phenoxy) is 2. The predicted octanol–water partition coefficient (Wildman–Crippen LogP) is 3.57. The lowest BCUT2D eigenvalue weighted by molar-refractivity contribution is 0.259. The van der Waals surface area contributed by atoms with Crippen LogP contribution in [0.4, 0.5) is 0 Å². The smallest absolute Gasteiger partial charge is 0.123 e. The average Bonchev–Trinajstić information content (AvgIpc) is 3.12. The molecule has 1 aliphatic rings. The van der Waals surface area contributed by atoms with Crippen molar-refractivity contribution < 1.29 is 9.47 Å². The number of fused-ring (bicyclic) bond motifs is 4. The van der Waals surface area contributed by atoms with Crippen LogP contribution in [0.15, 0.2) is 84.9 Å². The SMILES string of the molecule is COc1ccccc1CN1CCNCc2cccc(n2)CNCCN(Cc2ccccc2OC)CCNCc2cccc(n2)CNCC1. The molecule has 0 saturated carbocycles. The van der Waals surface area contributed by atoms with Crippen LogP contribution in [0.1, 0.15) is 33.9 Å². The number of hydrogen-bond donors (Lipinski definition) is 4. The molecule has 0 radical (unpaired) electrons.